The minimum absolute atomic E-state index is 0.0494. The maximum atomic E-state index is 12.8. The average Bonchev–Trinajstić information content (AvgIpc) is 3.00. The summed E-state index contributed by atoms with van der Waals surface area (Å²) < 4.78 is 0. The Hall–Kier alpha value is -3.73. The summed E-state index contributed by atoms with van der Waals surface area (Å²) in [6.45, 7) is 3.64. The number of rotatable bonds is 6. The van der Waals surface area contributed by atoms with Crippen LogP contribution in [0.1, 0.15) is 18.1 Å². The number of benzene rings is 3. The number of amides is 1. The molecule has 0 radical (unpaired) electrons. The zero-order chi connectivity index (χ0) is 23.2. The molecule has 0 bridgehead atoms. The van der Waals surface area contributed by atoms with E-state index in [0.29, 0.717) is 13.1 Å². The van der Waals surface area contributed by atoms with E-state index in [2.05, 4.69) is 76.9 Å². The van der Waals surface area contributed by atoms with Gasteiger partial charge >= 0.3 is 0 Å². The summed E-state index contributed by atoms with van der Waals surface area (Å²) in [5.74, 6) is 0.0945. The third-order valence-electron chi connectivity index (χ3n) is 6.34. The highest BCUT2D eigenvalue weighted by atomic mass is 16.2. The van der Waals surface area contributed by atoms with Gasteiger partial charge in [0, 0.05) is 44.6 Å². The number of fused-ring (bicyclic) bond motifs is 1. The van der Waals surface area contributed by atoms with Crippen LogP contribution in [0.15, 0.2) is 90.8 Å². The van der Waals surface area contributed by atoms with E-state index < -0.39 is 0 Å². The smallest absolute Gasteiger partial charge is 0.220 e. The SMILES string of the molecule is CN/C(=C\N)CN1CC(Cc2ccccc2)N(C(C)=O)Cc2cc(-c3ccccc3)ccc21. The maximum Gasteiger partial charge on any atom is 0.220 e. The molecule has 0 aromatic heterocycles. The van der Waals surface area contributed by atoms with Gasteiger partial charge in [-0.2, -0.15) is 0 Å². The lowest BCUT2D eigenvalue weighted by atomic mass is 10.0. The van der Waals surface area contributed by atoms with Crippen molar-refractivity contribution in [2.45, 2.75) is 25.9 Å². The van der Waals surface area contributed by atoms with Crippen molar-refractivity contribution in [1.29, 1.82) is 0 Å². The quantitative estimate of drug-likeness (QED) is 0.604. The molecule has 33 heavy (non-hydrogen) atoms. The standard InChI is InChI=1S/C28H32N4O/c1-21(33)32-18-25-16-24(23-11-7-4-8-12-23)13-14-28(25)31(19-26(17-29)30-2)20-27(32)15-22-9-5-3-6-10-22/h3-14,16-17,27,30H,15,18-20,29H2,1-2H3/b26-17-. The van der Waals surface area contributed by atoms with Gasteiger partial charge in [0.15, 0.2) is 0 Å². The van der Waals surface area contributed by atoms with Gasteiger partial charge in [-0.1, -0.05) is 66.7 Å². The van der Waals surface area contributed by atoms with E-state index in [4.69, 9.17) is 5.73 Å². The highest BCUT2D eigenvalue weighted by Crippen LogP contribution is 2.33. The first kappa shape index (κ1) is 22.5. The van der Waals surface area contributed by atoms with Crippen LogP contribution in [-0.2, 0) is 17.8 Å². The lowest BCUT2D eigenvalue weighted by Crippen LogP contribution is -2.45. The number of likely N-dealkylation sites (N-methyl/N-ethyl adjacent to an activating group) is 1. The van der Waals surface area contributed by atoms with Crippen LogP contribution in [0.25, 0.3) is 11.1 Å². The molecule has 3 N–H and O–H groups in total. The number of hydrogen-bond donors (Lipinski definition) is 2. The zero-order valence-corrected chi connectivity index (χ0v) is 19.4. The van der Waals surface area contributed by atoms with Gasteiger partial charge in [-0.25, -0.2) is 0 Å². The molecule has 1 heterocycles. The fraction of sp³-hybridized carbons (Fsp3) is 0.250. The van der Waals surface area contributed by atoms with Gasteiger partial charge in [0.1, 0.15) is 0 Å². The van der Waals surface area contributed by atoms with E-state index in [1.54, 1.807) is 13.1 Å². The van der Waals surface area contributed by atoms with E-state index in [0.717, 1.165) is 35.5 Å². The number of carbonyl (C=O) groups is 1. The molecule has 1 unspecified atom stereocenters. The van der Waals surface area contributed by atoms with E-state index >= 15 is 0 Å². The van der Waals surface area contributed by atoms with Crippen LogP contribution in [0.4, 0.5) is 5.69 Å². The van der Waals surface area contributed by atoms with Crippen molar-refractivity contribution in [3.63, 3.8) is 0 Å². The summed E-state index contributed by atoms with van der Waals surface area (Å²) in [6.07, 6.45) is 2.43. The highest BCUT2D eigenvalue weighted by molar-refractivity contribution is 5.76. The molecule has 0 spiro atoms. The lowest BCUT2D eigenvalue weighted by Gasteiger charge is -2.32. The second-order valence-electron chi connectivity index (χ2n) is 8.52. The molecule has 0 aliphatic carbocycles. The first-order valence-corrected chi connectivity index (χ1v) is 11.4. The topological polar surface area (TPSA) is 61.6 Å². The molecule has 5 heteroatoms. The summed E-state index contributed by atoms with van der Waals surface area (Å²) in [5.41, 5.74) is 12.7. The first-order valence-electron chi connectivity index (χ1n) is 11.4. The van der Waals surface area contributed by atoms with Crippen LogP contribution in [0.3, 0.4) is 0 Å². The van der Waals surface area contributed by atoms with Crippen molar-refractivity contribution in [2.75, 3.05) is 25.0 Å². The van der Waals surface area contributed by atoms with Gasteiger partial charge < -0.3 is 20.9 Å². The van der Waals surface area contributed by atoms with Crippen molar-refractivity contribution in [2.24, 2.45) is 5.73 Å². The van der Waals surface area contributed by atoms with Gasteiger partial charge in [0.25, 0.3) is 0 Å². The number of carbonyl (C=O) groups excluding carboxylic acids is 1. The number of nitrogens with one attached hydrogen (secondary N) is 1. The number of anilines is 1. The molecule has 4 rings (SSSR count). The largest absolute Gasteiger partial charge is 0.403 e. The molecule has 3 aromatic carbocycles. The Kier molecular flexibility index (Phi) is 6.98. The maximum absolute atomic E-state index is 12.8. The summed E-state index contributed by atoms with van der Waals surface area (Å²) >= 11 is 0. The Bertz CT molecular complexity index is 1110. The van der Waals surface area contributed by atoms with Gasteiger partial charge in [0.2, 0.25) is 5.91 Å². The monoisotopic (exact) mass is 440 g/mol. The van der Waals surface area contributed by atoms with Crippen LogP contribution in [0.5, 0.6) is 0 Å². The van der Waals surface area contributed by atoms with Crippen LogP contribution < -0.4 is 16.0 Å². The Labute approximate surface area is 196 Å². The Morgan fingerprint density at radius 2 is 1.73 bits per heavy atom. The molecule has 0 saturated carbocycles. The number of nitrogens with two attached hydrogens (primary N) is 1. The second-order valence-corrected chi connectivity index (χ2v) is 8.52. The van der Waals surface area contributed by atoms with Crippen LogP contribution in [0.2, 0.25) is 0 Å². The lowest BCUT2D eigenvalue weighted by molar-refractivity contribution is -0.131. The summed E-state index contributed by atoms with van der Waals surface area (Å²) in [5, 5.41) is 3.20. The first-order chi connectivity index (χ1) is 16.1. The molecule has 0 fully saturated rings. The molecular weight excluding hydrogens is 408 g/mol. The Balaban J connectivity index is 1.76. The van der Waals surface area contributed by atoms with E-state index in [1.807, 2.05) is 24.1 Å². The van der Waals surface area contributed by atoms with Crippen LogP contribution in [0, 0.1) is 0 Å². The predicted octanol–water partition coefficient (Wildman–Crippen LogP) is 4.15. The Morgan fingerprint density at radius 1 is 1.03 bits per heavy atom. The summed E-state index contributed by atoms with van der Waals surface area (Å²) in [7, 11) is 1.89. The fourth-order valence-corrected chi connectivity index (χ4v) is 4.59. The van der Waals surface area contributed by atoms with Crippen molar-refractivity contribution in [3.05, 3.63) is 102 Å². The number of nitrogens with zero attached hydrogens (tertiary/aromatic N) is 2. The molecule has 1 aliphatic rings. The average molecular weight is 441 g/mol. The molecule has 5 nitrogen and oxygen atoms in total. The third kappa shape index (κ3) is 5.20. The minimum atomic E-state index is 0.0494. The van der Waals surface area contributed by atoms with E-state index in [9.17, 15) is 4.79 Å². The molecule has 170 valence electrons. The van der Waals surface area contributed by atoms with Crippen molar-refractivity contribution >= 4 is 11.6 Å². The van der Waals surface area contributed by atoms with E-state index in [1.165, 1.54) is 11.1 Å². The molecule has 3 aromatic rings. The Morgan fingerprint density at radius 3 is 2.36 bits per heavy atom. The molecule has 1 atom stereocenters. The van der Waals surface area contributed by atoms with Crippen molar-refractivity contribution < 1.29 is 4.79 Å². The zero-order valence-electron chi connectivity index (χ0n) is 19.4. The predicted molar refractivity (Wildman–Crippen MR) is 136 cm³/mol. The van der Waals surface area contributed by atoms with Crippen molar-refractivity contribution in [1.82, 2.24) is 10.2 Å². The molecule has 0 saturated heterocycles. The summed E-state index contributed by atoms with van der Waals surface area (Å²) in [4.78, 5) is 17.2. The molecule has 1 amide bonds. The van der Waals surface area contributed by atoms with Crippen LogP contribution >= 0.6 is 0 Å². The van der Waals surface area contributed by atoms with Gasteiger partial charge in [0.05, 0.1) is 12.6 Å². The van der Waals surface area contributed by atoms with Gasteiger partial charge in [-0.3, -0.25) is 4.79 Å². The third-order valence-corrected chi connectivity index (χ3v) is 6.34. The van der Waals surface area contributed by atoms with Crippen LogP contribution in [-0.4, -0.2) is 37.0 Å². The normalized spacial score (nSPS) is 16.2. The highest BCUT2D eigenvalue weighted by Gasteiger charge is 2.30. The fourth-order valence-electron chi connectivity index (χ4n) is 4.59. The number of hydrogen-bond acceptors (Lipinski definition) is 4. The second kappa shape index (κ2) is 10.3. The van der Waals surface area contributed by atoms with E-state index in [-0.39, 0.29) is 11.9 Å². The minimum Gasteiger partial charge on any atom is -0.403 e. The molecule has 1 aliphatic heterocycles. The van der Waals surface area contributed by atoms with Crippen molar-refractivity contribution in [3.8, 4) is 11.1 Å². The summed E-state index contributed by atoms with van der Waals surface area (Å²) in [6, 6.07) is 27.4. The van der Waals surface area contributed by atoms with Gasteiger partial charge in [-0.05, 0) is 40.8 Å². The molecular formula is C28H32N4O. The van der Waals surface area contributed by atoms with Gasteiger partial charge in [-0.15, -0.1) is 0 Å².